The van der Waals surface area contributed by atoms with Crippen molar-refractivity contribution in [3.8, 4) is 0 Å². The lowest BCUT2D eigenvalue weighted by Gasteiger charge is -2.00. The quantitative estimate of drug-likeness (QED) is 0.806. The first-order valence-corrected chi connectivity index (χ1v) is 4.63. The van der Waals surface area contributed by atoms with E-state index in [4.69, 9.17) is 28.3 Å². The van der Waals surface area contributed by atoms with Crippen molar-refractivity contribution in [2.75, 3.05) is 0 Å². The van der Waals surface area contributed by atoms with Crippen molar-refractivity contribution < 1.29 is 9.90 Å². The highest BCUT2D eigenvalue weighted by Gasteiger charge is 2.23. The van der Waals surface area contributed by atoms with E-state index in [9.17, 15) is 4.79 Å². The van der Waals surface area contributed by atoms with Crippen molar-refractivity contribution in [2.24, 2.45) is 4.99 Å². The Kier molecular flexibility index (Phi) is 2.21. The molecule has 0 amide bonds. The standard InChI is InChI=1S/C9H5Cl2NO2/c10-5-1-2-6(11)8-4(5)3-7(12-8)9(13)14/h1-2H,3H2,(H,13,14). The number of rotatable bonds is 1. The molecule has 0 bridgehead atoms. The molecule has 0 aliphatic carbocycles. The van der Waals surface area contributed by atoms with Crippen molar-refractivity contribution in [2.45, 2.75) is 6.42 Å². The lowest BCUT2D eigenvalue weighted by atomic mass is 10.1. The van der Waals surface area contributed by atoms with E-state index < -0.39 is 5.97 Å². The van der Waals surface area contributed by atoms with Crippen LogP contribution >= 0.6 is 23.2 Å². The highest BCUT2D eigenvalue weighted by atomic mass is 35.5. The van der Waals surface area contributed by atoms with E-state index in [2.05, 4.69) is 4.99 Å². The Hall–Kier alpha value is -1.06. The van der Waals surface area contributed by atoms with E-state index in [0.29, 0.717) is 21.3 Å². The van der Waals surface area contributed by atoms with Crippen molar-refractivity contribution in [3.63, 3.8) is 0 Å². The number of carbonyl (C=O) groups is 1. The number of carboxylic acids is 1. The lowest BCUT2D eigenvalue weighted by Crippen LogP contribution is -2.12. The molecule has 1 heterocycles. The van der Waals surface area contributed by atoms with Crippen LogP contribution < -0.4 is 0 Å². The number of aliphatic imine (C=N–C) groups is 1. The summed E-state index contributed by atoms with van der Waals surface area (Å²) < 4.78 is 0. The van der Waals surface area contributed by atoms with Gasteiger partial charge in [0.2, 0.25) is 0 Å². The molecule has 5 heteroatoms. The van der Waals surface area contributed by atoms with Crippen LogP contribution in [0.1, 0.15) is 5.56 Å². The molecule has 0 fully saturated rings. The first-order chi connectivity index (χ1) is 6.59. The van der Waals surface area contributed by atoms with Crippen molar-refractivity contribution in [1.29, 1.82) is 0 Å². The molecule has 1 aliphatic heterocycles. The molecule has 1 N–H and O–H groups in total. The molecule has 14 heavy (non-hydrogen) atoms. The molecular formula is C9H5Cl2NO2. The van der Waals surface area contributed by atoms with Crippen LogP contribution in [0.25, 0.3) is 0 Å². The molecule has 1 aliphatic rings. The third-order valence-electron chi connectivity index (χ3n) is 2.01. The molecule has 1 aromatic rings. The van der Waals surface area contributed by atoms with Crippen molar-refractivity contribution in [1.82, 2.24) is 0 Å². The molecule has 3 nitrogen and oxygen atoms in total. The Balaban J connectivity index is 2.55. The van der Waals surface area contributed by atoms with E-state index in [0.717, 1.165) is 0 Å². The Morgan fingerprint density at radius 2 is 2.00 bits per heavy atom. The van der Waals surface area contributed by atoms with E-state index in [1.165, 1.54) is 0 Å². The summed E-state index contributed by atoms with van der Waals surface area (Å²) in [5.74, 6) is -1.03. The second-order valence-corrected chi connectivity index (χ2v) is 3.71. The second kappa shape index (κ2) is 3.26. The van der Waals surface area contributed by atoms with Crippen LogP contribution in [0.5, 0.6) is 0 Å². The minimum atomic E-state index is -1.03. The van der Waals surface area contributed by atoms with E-state index in [1.54, 1.807) is 12.1 Å². The smallest absolute Gasteiger partial charge is 0.350 e. The first-order valence-electron chi connectivity index (χ1n) is 3.87. The number of carboxylic acid groups (broad SMARTS) is 1. The summed E-state index contributed by atoms with van der Waals surface area (Å²) in [6.07, 6.45) is 0.240. The molecule has 0 saturated carbocycles. The Morgan fingerprint density at radius 3 is 2.57 bits per heavy atom. The lowest BCUT2D eigenvalue weighted by molar-refractivity contribution is -0.129. The van der Waals surface area contributed by atoms with Gasteiger partial charge in [-0.25, -0.2) is 9.79 Å². The van der Waals surface area contributed by atoms with Crippen LogP contribution in [0.2, 0.25) is 10.0 Å². The molecule has 0 atom stereocenters. The van der Waals surface area contributed by atoms with Gasteiger partial charge >= 0.3 is 5.97 Å². The van der Waals surface area contributed by atoms with Gasteiger partial charge in [0.1, 0.15) is 5.71 Å². The number of nitrogens with zero attached hydrogens (tertiary/aromatic N) is 1. The zero-order valence-electron chi connectivity index (χ0n) is 6.92. The average Bonchev–Trinajstić information content (AvgIpc) is 2.57. The summed E-state index contributed by atoms with van der Waals surface area (Å²) in [6, 6.07) is 3.25. The number of benzene rings is 1. The molecule has 0 spiro atoms. The molecule has 1 aromatic carbocycles. The van der Waals surface area contributed by atoms with Gasteiger partial charge in [-0.3, -0.25) is 0 Å². The Bertz CT molecular complexity index is 454. The summed E-state index contributed by atoms with van der Waals surface area (Å²) in [5.41, 5.74) is 1.25. The number of fused-ring (bicyclic) bond motifs is 1. The molecule has 2 rings (SSSR count). The fraction of sp³-hybridized carbons (Fsp3) is 0.111. The molecule has 0 saturated heterocycles. The predicted octanol–water partition coefficient (Wildman–Crippen LogP) is 2.71. The summed E-state index contributed by atoms with van der Waals surface area (Å²) >= 11 is 11.7. The monoisotopic (exact) mass is 229 g/mol. The van der Waals surface area contributed by atoms with E-state index in [-0.39, 0.29) is 12.1 Å². The maximum absolute atomic E-state index is 10.7. The van der Waals surface area contributed by atoms with Gasteiger partial charge in [0.05, 0.1) is 10.7 Å². The molecule has 72 valence electrons. The van der Waals surface area contributed by atoms with Gasteiger partial charge in [0.15, 0.2) is 0 Å². The van der Waals surface area contributed by atoms with E-state index >= 15 is 0 Å². The number of aliphatic carboxylic acids is 1. The predicted molar refractivity (Wildman–Crippen MR) is 54.9 cm³/mol. The van der Waals surface area contributed by atoms with Crippen LogP contribution in [0.4, 0.5) is 5.69 Å². The average molecular weight is 230 g/mol. The summed E-state index contributed by atoms with van der Waals surface area (Å²) in [7, 11) is 0. The highest BCUT2D eigenvalue weighted by Crippen LogP contribution is 2.38. The van der Waals surface area contributed by atoms with Gasteiger partial charge in [-0.05, 0) is 12.1 Å². The number of hydrogen-bond donors (Lipinski definition) is 1. The summed E-state index contributed by atoms with van der Waals surface area (Å²) in [6.45, 7) is 0. The van der Waals surface area contributed by atoms with Gasteiger partial charge in [-0.1, -0.05) is 23.2 Å². The fourth-order valence-corrected chi connectivity index (χ4v) is 1.78. The van der Waals surface area contributed by atoms with Crippen LogP contribution in [0.3, 0.4) is 0 Å². The van der Waals surface area contributed by atoms with Crippen molar-refractivity contribution in [3.05, 3.63) is 27.7 Å². The zero-order chi connectivity index (χ0) is 10.3. The maximum atomic E-state index is 10.7. The molecule has 0 unspecified atom stereocenters. The SMILES string of the molecule is O=C(O)C1=Nc2c(Cl)ccc(Cl)c2C1. The Morgan fingerprint density at radius 1 is 1.36 bits per heavy atom. The zero-order valence-corrected chi connectivity index (χ0v) is 8.43. The van der Waals surface area contributed by atoms with Crippen LogP contribution in [-0.2, 0) is 11.2 Å². The van der Waals surface area contributed by atoms with Gasteiger partial charge < -0.3 is 5.11 Å². The largest absolute Gasteiger partial charge is 0.477 e. The Labute approximate surface area is 90.0 Å². The van der Waals surface area contributed by atoms with Gasteiger partial charge in [0, 0.05) is 17.0 Å². The number of halogens is 2. The van der Waals surface area contributed by atoms with Crippen LogP contribution in [0.15, 0.2) is 17.1 Å². The summed E-state index contributed by atoms with van der Waals surface area (Å²) in [5, 5.41) is 9.69. The third kappa shape index (κ3) is 1.38. The number of hydrogen-bond acceptors (Lipinski definition) is 2. The minimum absolute atomic E-state index is 0.0787. The summed E-state index contributed by atoms with van der Waals surface area (Å²) in [4.78, 5) is 14.6. The maximum Gasteiger partial charge on any atom is 0.350 e. The third-order valence-corrected chi connectivity index (χ3v) is 2.67. The van der Waals surface area contributed by atoms with E-state index in [1.807, 2.05) is 0 Å². The normalized spacial score (nSPS) is 13.7. The molecular weight excluding hydrogens is 225 g/mol. The second-order valence-electron chi connectivity index (χ2n) is 2.90. The minimum Gasteiger partial charge on any atom is -0.477 e. The highest BCUT2D eigenvalue weighted by molar-refractivity contribution is 6.41. The van der Waals surface area contributed by atoms with Crippen LogP contribution in [0, 0.1) is 0 Å². The topological polar surface area (TPSA) is 49.7 Å². The van der Waals surface area contributed by atoms with Gasteiger partial charge in [-0.15, -0.1) is 0 Å². The fourth-order valence-electron chi connectivity index (χ4n) is 1.34. The molecule has 0 radical (unpaired) electrons. The van der Waals surface area contributed by atoms with Crippen molar-refractivity contribution >= 4 is 40.6 Å². The van der Waals surface area contributed by atoms with Gasteiger partial charge in [-0.2, -0.15) is 0 Å². The first kappa shape index (κ1) is 9.49. The van der Waals surface area contributed by atoms with Crippen LogP contribution in [-0.4, -0.2) is 16.8 Å². The molecule has 0 aromatic heterocycles. The van der Waals surface area contributed by atoms with Gasteiger partial charge in [0.25, 0.3) is 0 Å².